The fraction of sp³-hybridized carbons (Fsp3) is 0.867. The van der Waals surface area contributed by atoms with E-state index >= 15 is 0 Å². The minimum Gasteiger partial charge on any atom is -0.389 e. The second-order valence-electron chi connectivity index (χ2n) is 12.9. The summed E-state index contributed by atoms with van der Waals surface area (Å²) in [6.07, 6.45) is 14.1. The van der Waals surface area contributed by atoms with E-state index in [9.17, 15) is 5.11 Å². The molecule has 176 valence electrons. The molecule has 8 atom stereocenters. The highest BCUT2D eigenvalue weighted by Crippen LogP contribution is 2.66. The Hall–Kier alpha value is -0.560. The maximum atomic E-state index is 10.4. The molecule has 0 heterocycles. The number of aliphatic hydroxyl groups is 1. The fourth-order valence-corrected chi connectivity index (χ4v) is 9.17. The van der Waals surface area contributed by atoms with Gasteiger partial charge in [0.2, 0.25) is 0 Å². The Morgan fingerprint density at radius 1 is 0.968 bits per heavy atom. The van der Waals surface area contributed by atoms with Gasteiger partial charge in [-0.05, 0) is 110 Å². The van der Waals surface area contributed by atoms with E-state index in [-0.39, 0.29) is 6.10 Å². The number of rotatable bonds is 6. The van der Waals surface area contributed by atoms with Crippen molar-refractivity contribution in [3.05, 3.63) is 23.3 Å². The molecule has 0 aliphatic heterocycles. The van der Waals surface area contributed by atoms with Crippen molar-refractivity contribution in [3.8, 4) is 0 Å². The van der Waals surface area contributed by atoms with Crippen LogP contribution in [0.15, 0.2) is 23.3 Å². The summed E-state index contributed by atoms with van der Waals surface area (Å²) < 4.78 is 0. The first-order valence-electron chi connectivity index (χ1n) is 13.7. The van der Waals surface area contributed by atoms with Gasteiger partial charge in [-0.15, -0.1) is 0 Å². The molecule has 1 nitrogen and oxygen atoms in total. The van der Waals surface area contributed by atoms with Crippen molar-refractivity contribution in [1.82, 2.24) is 0 Å². The van der Waals surface area contributed by atoms with E-state index in [4.69, 9.17) is 0 Å². The monoisotopic (exact) mass is 426 g/mol. The molecule has 3 unspecified atom stereocenters. The minimum atomic E-state index is -0.254. The first kappa shape index (κ1) is 23.6. The highest BCUT2D eigenvalue weighted by molar-refractivity contribution is 5.36. The van der Waals surface area contributed by atoms with Crippen LogP contribution in [0, 0.1) is 46.3 Å². The summed E-state index contributed by atoms with van der Waals surface area (Å²) in [7, 11) is 0. The maximum Gasteiger partial charge on any atom is 0.0750 e. The third-order valence-electron chi connectivity index (χ3n) is 11.2. The van der Waals surface area contributed by atoms with Gasteiger partial charge in [-0.25, -0.2) is 0 Å². The smallest absolute Gasteiger partial charge is 0.0750 e. The van der Waals surface area contributed by atoms with Gasteiger partial charge in [0.05, 0.1) is 6.10 Å². The van der Waals surface area contributed by atoms with Crippen LogP contribution in [0.1, 0.15) is 112 Å². The quantitative estimate of drug-likeness (QED) is 0.423. The zero-order valence-corrected chi connectivity index (χ0v) is 21.5. The molecule has 0 aromatic carbocycles. The van der Waals surface area contributed by atoms with E-state index in [1.807, 2.05) is 11.1 Å². The van der Waals surface area contributed by atoms with Gasteiger partial charge in [0.25, 0.3) is 0 Å². The van der Waals surface area contributed by atoms with Gasteiger partial charge in [0.1, 0.15) is 0 Å². The summed E-state index contributed by atoms with van der Waals surface area (Å²) in [5.74, 6) is 4.74. The molecule has 4 aliphatic rings. The van der Waals surface area contributed by atoms with Crippen LogP contribution in [0.25, 0.3) is 0 Å². The molecule has 31 heavy (non-hydrogen) atoms. The molecule has 3 saturated carbocycles. The zero-order chi connectivity index (χ0) is 22.6. The highest BCUT2D eigenvalue weighted by Gasteiger charge is 2.56. The van der Waals surface area contributed by atoms with Crippen molar-refractivity contribution < 1.29 is 5.11 Å². The van der Waals surface area contributed by atoms with Crippen molar-refractivity contribution in [3.63, 3.8) is 0 Å². The lowest BCUT2D eigenvalue weighted by Crippen LogP contribution is -2.49. The summed E-state index contributed by atoms with van der Waals surface area (Å²) in [6.45, 7) is 19.3. The van der Waals surface area contributed by atoms with Gasteiger partial charge in [-0.2, -0.15) is 0 Å². The van der Waals surface area contributed by atoms with Crippen molar-refractivity contribution in [2.24, 2.45) is 46.3 Å². The molecule has 0 bridgehead atoms. The molecule has 0 amide bonds. The summed E-state index contributed by atoms with van der Waals surface area (Å²) in [6, 6.07) is 0. The molecule has 0 aromatic rings. The maximum absolute atomic E-state index is 10.4. The molecule has 0 saturated heterocycles. The SMILES string of the molecule is C=C1C(O)CC[C@]2(C)C3CC[C@@]4(C)C(=C3CC[C@@H]12)CC[C@@H]4[C@H](C)CCC(CC)C(C)C. The van der Waals surface area contributed by atoms with Crippen LogP contribution < -0.4 is 0 Å². The average Bonchev–Trinajstić information content (AvgIpc) is 3.08. The van der Waals surface area contributed by atoms with Crippen LogP contribution in [-0.4, -0.2) is 11.2 Å². The molecule has 3 fully saturated rings. The summed E-state index contributed by atoms with van der Waals surface area (Å²) >= 11 is 0. The highest BCUT2D eigenvalue weighted by atomic mass is 16.3. The normalized spacial score (nSPS) is 42.3. The van der Waals surface area contributed by atoms with E-state index in [2.05, 4.69) is 48.1 Å². The molecule has 0 spiro atoms. The van der Waals surface area contributed by atoms with Crippen LogP contribution in [0.3, 0.4) is 0 Å². The van der Waals surface area contributed by atoms with Gasteiger partial charge in [0.15, 0.2) is 0 Å². The predicted molar refractivity (Wildman–Crippen MR) is 133 cm³/mol. The van der Waals surface area contributed by atoms with E-state index < -0.39 is 0 Å². The molecular weight excluding hydrogens is 376 g/mol. The van der Waals surface area contributed by atoms with Gasteiger partial charge in [0, 0.05) is 0 Å². The van der Waals surface area contributed by atoms with Crippen LogP contribution in [0.5, 0.6) is 0 Å². The minimum absolute atomic E-state index is 0.254. The summed E-state index contributed by atoms with van der Waals surface area (Å²) in [5.41, 5.74) is 5.72. The van der Waals surface area contributed by atoms with E-state index in [0.717, 1.165) is 41.6 Å². The van der Waals surface area contributed by atoms with Gasteiger partial charge in [-0.3, -0.25) is 0 Å². The lowest BCUT2D eigenvalue weighted by molar-refractivity contribution is 0.00280. The molecule has 0 radical (unpaired) electrons. The Labute approximate surface area is 193 Å². The topological polar surface area (TPSA) is 20.2 Å². The first-order valence-corrected chi connectivity index (χ1v) is 13.7. The third-order valence-corrected chi connectivity index (χ3v) is 11.2. The Morgan fingerprint density at radius 3 is 2.39 bits per heavy atom. The Balaban J connectivity index is 1.54. The lowest BCUT2D eigenvalue weighted by atomic mass is 9.48. The first-order chi connectivity index (χ1) is 14.6. The van der Waals surface area contributed by atoms with Crippen LogP contribution >= 0.6 is 0 Å². The Bertz CT molecular complexity index is 716. The lowest BCUT2D eigenvalue weighted by Gasteiger charge is -2.57. The van der Waals surface area contributed by atoms with Crippen LogP contribution in [0.2, 0.25) is 0 Å². The van der Waals surface area contributed by atoms with Gasteiger partial charge < -0.3 is 5.11 Å². The van der Waals surface area contributed by atoms with Crippen LogP contribution in [-0.2, 0) is 0 Å². The molecule has 4 rings (SSSR count). The number of hydrogen-bond acceptors (Lipinski definition) is 1. The fourth-order valence-electron chi connectivity index (χ4n) is 9.17. The van der Waals surface area contributed by atoms with Crippen LogP contribution in [0.4, 0.5) is 0 Å². The van der Waals surface area contributed by atoms with Gasteiger partial charge >= 0.3 is 0 Å². The second-order valence-corrected chi connectivity index (χ2v) is 12.9. The number of fused-ring (bicyclic) bond motifs is 4. The van der Waals surface area contributed by atoms with Crippen molar-refractivity contribution in [2.75, 3.05) is 0 Å². The molecular formula is C30H50O. The number of aliphatic hydroxyl groups excluding tert-OH is 1. The van der Waals surface area contributed by atoms with E-state index in [0.29, 0.717) is 16.7 Å². The molecule has 1 heteroatoms. The van der Waals surface area contributed by atoms with Crippen molar-refractivity contribution in [2.45, 2.75) is 118 Å². The summed E-state index contributed by atoms with van der Waals surface area (Å²) in [5, 5.41) is 10.4. The third kappa shape index (κ3) is 3.79. The van der Waals surface area contributed by atoms with Crippen molar-refractivity contribution in [1.29, 1.82) is 0 Å². The molecule has 4 aliphatic carbocycles. The predicted octanol–water partition coefficient (Wildman–Crippen LogP) is 8.34. The summed E-state index contributed by atoms with van der Waals surface area (Å²) in [4.78, 5) is 0. The number of hydrogen-bond donors (Lipinski definition) is 1. The standard InChI is InChI=1S/C30H50O/c1-8-22(19(2)3)10-9-20(4)24-13-14-26-23-11-12-25-21(5)28(31)16-18-30(25,7)27(23)15-17-29(24,26)6/h19-20,22,24-25,27-28,31H,5,8-18H2,1-4,6-7H3/t20-,22?,24-,25+,27?,28?,29-,30+/m1/s1. The Kier molecular flexibility index (Phi) is 6.59. The number of allylic oxidation sites excluding steroid dienone is 2. The Morgan fingerprint density at radius 2 is 1.71 bits per heavy atom. The van der Waals surface area contributed by atoms with Crippen molar-refractivity contribution >= 4 is 0 Å². The van der Waals surface area contributed by atoms with E-state index in [1.165, 1.54) is 64.2 Å². The largest absolute Gasteiger partial charge is 0.389 e. The molecule has 1 N–H and O–H groups in total. The second kappa shape index (κ2) is 8.66. The van der Waals surface area contributed by atoms with Gasteiger partial charge in [-0.1, -0.05) is 72.1 Å². The zero-order valence-electron chi connectivity index (χ0n) is 21.5. The average molecular weight is 427 g/mol. The van der Waals surface area contributed by atoms with E-state index in [1.54, 1.807) is 0 Å². The molecule has 0 aromatic heterocycles.